The van der Waals surface area contributed by atoms with Crippen LogP contribution in [0.25, 0.3) is 0 Å². The third-order valence-corrected chi connectivity index (χ3v) is 4.97. The van der Waals surface area contributed by atoms with Crippen molar-refractivity contribution >= 4 is 11.9 Å². The largest absolute Gasteiger partial charge is 0.465 e. The summed E-state index contributed by atoms with van der Waals surface area (Å²) in [4.78, 5) is 24.9. The second-order valence-electron chi connectivity index (χ2n) is 6.04. The molecule has 0 aromatic heterocycles. The number of hydrogen-bond donors (Lipinski definition) is 0. The number of carbonyl (C=O) groups is 2. The molecule has 19 heavy (non-hydrogen) atoms. The number of rotatable bonds is 4. The lowest BCUT2D eigenvalue weighted by molar-refractivity contribution is -0.180. The van der Waals surface area contributed by atoms with E-state index in [1.54, 1.807) is 13.8 Å². The van der Waals surface area contributed by atoms with Crippen LogP contribution in [0.15, 0.2) is 0 Å². The molecule has 1 fully saturated rings. The molecule has 4 heteroatoms. The molecule has 0 saturated heterocycles. The summed E-state index contributed by atoms with van der Waals surface area (Å²) >= 11 is 0. The van der Waals surface area contributed by atoms with Crippen molar-refractivity contribution in [2.24, 2.45) is 22.7 Å². The minimum atomic E-state index is -1.17. The molecule has 0 aliphatic heterocycles. The van der Waals surface area contributed by atoms with Gasteiger partial charge in [0.15, 0.2) is 5.41 Å². The van der Waals surface area contributed by atoms with E-state index < -0.39 is 22.8 Å². The van der Waals surface area contributed by atoms with Crippen molar-refractivity contribution < 1.29 is 19.1 Å². The van der Waals surface area contributed by atoms with Gasteiger partial charge >= 0.3 is 11.9 Å². The zero-order valence-electron chi connectivity index (χ0n) is 12.9. The first-order chi connectivity index (χ1) is 8.75. The Morgan fingerprint density at radius 1 is 1.05 bits per heavy atom. The normalized spacial score (nSPS) is 27.9. The smallest absolute Gasteiger partial charge is 0.324 e. The highest BCUT2D eigenvalue weighted by Crippen LogP contribution is 2.59. The van der Waals surface area contributed by atoms with Crippen LogP contribution >= 0.6 is 0 Å². The maximum atomic E-state index is 12.5. The topological polar surface area (TPSA) is 52.6 Å². The van der Waals surface area contributed by atoms with Gasteiger partial charge in [-0.1, -0.05) is 27.7 Å². The maximum absolute atomic E-state index is 12.5. The number of esters is 2. The Morgan fingerprint density at radius 2 is 1.47 bits per heavy atom. The molecule has 0 amide bonds. The Kier molecular flexibility index (Phi) is 4.64. The average molecular weight is 270 g/mol. The lowest BCUT2D eigenvalue weighted by Gasteiger charge is -2.39. The molecule has 0 aromatic rings. The van der Waals surface area contributed by atoms with Gasteiger partial charge < -0.3 is 9.47 Å². The molecule has 0 aromatic carbocycles. The molecule has 2 atom stereocenters. The quantitative estimate of drug-likeness (QED) is 0.582. The van der Waals surface area contributed by atoms with Crippen LogP contribution in [0.5, 0.6) is 0 Å². The van der Waals surface area contributed by atoms with Crippen molar-refractivity contribution in [3.8, 4) is 0 Å². The Hall–Kier alpha value is -1.06. The van der Waals surface area contributed by atoms with E-state index in [1.165, 1.54) is 0 Å². The van der Waals surface area contributed by atoms with Crippen molar-refractivity contribution in [3.63, 3.8) is 0 Å². The Labute approximate surface area is 115 Å². The lowest BCUT2D eigenvalue weighted by atomic mass is 9.64. The van der Waals surface area contributed by atoms with Gasteiger partial charge in [-0.15, -0.1) is 0 Å². The summed E-state index contributed by atoms with van der Waals surface area (Å²) < 4.78 is 10.4. The van der Waals surface area contributed by atoms with Crippen LogP contribution in [-0.4, -0.2) is 25.2 Å². The van der Waals surface area contributed by atoms with Crippen LogP contribution in [0.1, 0.15) is 48.0 Å². The van der Waals surface area contributed by atoms with Gasteiger partial charge in [0.1, 0.15) is 0 Å². The van der Waals surface area contributed by atoms with Gasteiger partial charge in [0, 0.05) is 0 Å². The van der Waals surface area contributed by atoms with E-state index in [4.69, 9.17) is 9.47 Å². The van der Waals surface area contributed by atoms with Crippen molar-refractivity contribution in [2.45, 2.75) is 48.0 Å². The molecule has 1 rings (SSSR count). The molecule has 0 radical (unpaired) electrons. The van der Waals surface area contributed by atoms with Crippen molar-refractivity contribution in [2.75, 3.05) is 13.2 Å². The van der Waals surface area contributed by atoms with Crippen LogP contribution in [-0.2, 0) is 19.1 Å². The van der Waals surface area contributed by atoms with Crippen molar-refractivity contribution in [1.29, 1.82) is 0 Å². The van der Waals surface area contributed by atoms with Crippen molar-refractivity contribution in [3.05, 3.63) is 0 Å². The molecule has 0 heterocycles. The molecule has 0 N–H and O–H groups in total. The minimum absolute atomic E-state index is 0.251. The molecule has 1 aliphatic rings. The van der Waals surface area contributed by atoms with Crippen LogP contribution in [0.4, 0.5) is 0 Å². The summed E-state index contributed by atoms with van der Waals surface area (Å²) in [5, 5.41) is 0. The average Bonchev–Trinajstić information content (AvgIpc) is 2.51. The molecular weight excluding hydrogens is 244 g/mol. The van der Waals surface area contributed by atoms with E-state index in [0.29, 0.717) is 6.42 Å². The molecule has 4 nitrogen and oxygen atoms in total. The lowest BCUT2D eigenvalue weighted by Crippen LogP contribution is -2.50. The van der Waals surface area contributed by atoms with Gasteiger partial charge in [-0.05, 0) is 37.5 Å². The molecule has 0 unspecified atom stereocenters. The van der Waals surface area contributed by atoms with Crippen molar-refractivity contribution in [1.82, 2.24) is 0 Å². The molecule has 1 saturated carbocycles. The summed E-state index contributed by atoms with van der Waals surface area (Å²) in [6.45, 7) is 12.2. The van der Waals surface area contributed by atoms with E-state index in [0.717, 1.165) is 0 Å². The second-order valence-corrected chi connectivity index (χ2v) is 6.04. The van der Waals surface area contributed by atoms with Crippen LogP contribution in [0.2, 0.25) is 0 Å². The fraction of sp³-hybridized carbons (Fsp3) is 0.867. The van der Waals surface area contributed by atoms with Crippen LogP contribution < -0.4 is 0 Å². The summed E-state index contributed by atoms with van der Waals surface area (Å²) in [5.74, 6) is -0.338. The third kappa shape index (κ3) is 2.26. The van der Waals surface area contributed by atoms with Gasteiger partial charge in [-0.3, -0.25) is 9.59 Å². The zero-order valence-corrected chi connectivity index (χ0v) is 12.9. The third-order valence-electron chi connectivity index (χ3n) is 4.97. The predicted octanol–water partition coefficient (Wildman–Crippen LogP) is 2.80. The SMILES string of the molecule is CCOC(=O)C1(C(=O)OCC)C[C@@H](C)[C@H](C)C1(C)C. The monoisotopic (exact) mass is 270 g/mol. The standard InChI is InChI=1S/C15H26O4/c1-7-18-12(16)15(13(17)19-8-2)9-10(3)11(4)14(15,5)6/h10-11H,7-9H2,1-6H3/t10-,11+/m1/s1. The molecule has 1 aliphatic carbocycles. The van der Waals surface area contributed by atoms with Gasteiger partial charge in [-0.2, -0.15) is 0 Å². The Bertz CT molecular complexity index is 341. The summed E-state index contributed by atoms with van der Waals surface area (Å²) in [6, 6.07) is 0. The second kappa shape index (κ2) is 5.51. The van der Waals surface area contributed by atoms with E-state index in [-0.39, 0.29) is 25.0 Å². The van der Waals surface area contributed by atoms with E-state index in [9.17, 15) is 9.59 Å². The summed E-state index contributed by atoms with van der Waals surface area (Å²) in [6.07, 6.45) is 0.499. The summed E-state index contributed by atoms with van der Waals surface area (Å²) in [7, 11) is 0. The van der Waals surface area contributed by atoms with E-state index in [2.05, 4.69) is 13.8 Å². The van der Waals surface area contributed by atoms with Gasteiger partial charge in [-0.25, -0.2) is 0 Å². The van der Waals surface area contributed by atoms with Crippen LogP contribution in [0, 0.1) is 22.7 Å². The fourth-order valence-corrected chi connectivity index (χ4v) is 3.31. The molecule has 0 spiro atoms. The Balaban J connectivity index is 3.28. The highest BCUT2D eigenvalue weighted by molar-refractivity contribution is 6.01. The predicted molar refractivity (Wildman–Crippen MR) is 72.4 cm³/mol. The molecule has 110 valence electrons. The minimum Gasteiger partial charge on any atom is -0.465 e. The van der Waals surface area contributed by atoms with E-state index >= 15 is 0 Å². The fourth-order valence-electron chi connectivity index (χ4n) is 3.31. The van der Waals surface area contributed by atoms with Gasteiger partial charge in [0.2, 0.25) is 0 Å². The highest BCUT2D eigenvalue weighted by atomic mass is 16.6. The Morgan fingerprint density at radius 3 is 1.74 bits per heavy atom. The molecule has 0 bridgehead atoms. The first-order valence-corrected chi connectivity index (χ1v) is 7.10. The summed E-state index contributed by atoms with van der Waals surface area (Å²) in [5.41, 5.74) is -1.64. The molecular formula is C15H26O4. The van der Waals surface area contributed by atoms with E-state index in [1.807, 2.05) is 13.8 Å². The number of ether oxygens (including phenoxy) is 2. The van der Waals surface area contributed by atoms with Gasteiger partial charge in [0.05, 0.1) is 13.2 Å². The maximum Gasteiger partial charge on any atom is 0.324 e. The highest BCUT2D eigenvalue weighted by Gasteiger charge is 2.66. The van der Waals surface area contributed by atoms with Gasteiger partial charge in [0.25, 0.3) is 0 Å². The zero-order chi connectivity index (χ0) is 14.8. The van der Waals surface area contributed by atoms with Crippen LogP contribution in [0.3, 0.4) is 0 Å². The number of carbonyl (C=O) groups excluding carboxylic acids is 2. The first kappa shape index (κ1) is 16.0. The number of hydrogen-bond acceptors (Lipinski definition) is 4. The first-order valence-electron chi connectivity index (χ1n) is 7.10.